The van der Waals surface area contributed by atoms with Crippen LogP contribution < -0.4 is 5.32 Å². The third-order valence-electron chi connectivity index (χ3n) is 4.32. The summed E-state index contributed by atoms with van der Waals surface area (Å²) in [5, 5.41) is 3.51. The number of halogens is 1. The van der Waals surface area contributed by atoms with Crippen LogP contribution in [0.5, 0.6) is 0 Å². The van der Waals surface area contributed by atoms with E-state index in [1.807, 2.05) is 12.4 Å². The van der Waals surface area contributed by atoms with Gasteiger partial charge in [-0.2, -0.15) is 0 Å². The van der Waals surface area contributed by atoms with Crippen LogP contribution in [-0.4, -0.2) is 36.1 Å². The molecule has 1 aromatic carbocycles. The summed E-state index contributed by atoms with van der Waals surface area (Å²) in [6, 6.07) is 15.5. The quantitative estimate of drug-likeness (QED) is 0.938. The molecule has 0 aliphatic carbocycles. The average molecular weight is 318 g/mol. The Morgan fingerprint density at radius 1 is 1.18 bits per heavy atom. The summed E-state index contributed by atoms with van der Waals surface area (Å²) in [6.07, 6.45) is 3.78. The molecule has 4 heteroatoms. The van der Waals surface area contributed by atoms with Crippen LogP contribution in [0.2, 0.25) is 0 Å². The van der Waals surface area contributed by atoms with Gasteiger partial charge < -0.3 is 5.32 Å². The first-order valence-corrected chi connectivity index (χ1v) is 7.74. The van der Waals surface area contributed by atoms with Crippen LogP contribution in [0.3, 0.4) is 0 Å². The second kappa shape index (κ2) is 8.28. The van der Waals surface area contributed by atoms with E-state index in [0.29, 0.717) is 12.0 Å². The van der Waals surface area contributed by atoms with Gasteiger partial charge in [0.2, 0.25) is 0 Å². The maximum Gasteiger partial charge on any atom is 0.0474 e. The SMILES string of the molecule is CC(CN1CCNCC1c1ccncc1)c1ccccc1.Cl. The van der Waals surface area contributed by atoms with Crippen LogP contribution >= 0.6 is 12.4 Å². The minimum Gasteiger partial charge on any atom is -0.314 e. The summed E-state index contributed by atoms with van der Waals surface area (Å²) in [5.74, 6) is 0.550. The van der Waals surface area contributed by atoms with E-state index < -0.39 is 0 Å². The van der Waals surface area contributed by atoms with Crippen molar-refractivity contribution < 1.29 is 0 Å². The molecule has 0 amide bonds. The number of benzene rings is 1. The van der Waals surface area contributed by atoms with Crippen molar-refractivity contribution in [1.82, 2.24) is 15.2 Å². The fraction of sp³-hybridized carbons (Fsp3) is 0.389. The third-order valence-corrected chi connectivity index (χ3v) is 4.32. The van der Waals surface area contributed by atoms with Gasteiger partial charge in [0.05, 0.1) is 0 Å². The molecule has 0 saturated carbocycles. The summed E-state index contributed by atoms with van der Waals surface area (Å²) < 4.78 is 0. The van der Waals surface area contributed by atoms with Crippen LogP contribution in [0, 0.1) is 0 Å². The summed E-state index contributed by atoms with van der Waals surface area (Å²) in [7, 11) is 0. The highest BCUT2D eigenvalue weighted by molar-refractivity contribution is 5.85. The van der Waals surface area contributed by atoms with Crippen molar-refractivity contribution in [3.8, 4) is 0 Å². The standard InChI is InChI=1S/C18H23N3.ClH/c1-15(16-5-3-2-4-6-16)14-21-12-11-20-13-18(21)17-7-9-19-10-8-17;/h2-10,15,18,20H,11-14H2,1H3;1H. The molecule has 0 spiro atoms. The summed E-state index contributed by atoms with van der Waals surface area (Å²) in [4.78, 5) is 6.74. The number of nitrogens with one attached hydrogen (secondary N) is 1. The predicted octanol–water partition coefficient (Wildman–Crippen LogP) is 3.25. The van der Waals surface area contributed by atoms with E-state index in [4.69, 9.17) is 0 Å². The highest BCUT2D eigenvalue weighted by Crippen LogP contribution is 2.25. The number of hydrogen-bond acceptors (Lipinski definition) is 3. The fourth-order valence-corrected chi connectivity index (χ4v) is 3.12. The lowest BCUT2D eigenvalue weighted by atomic mass is 9.97. The molecule has 2 atom stereocenters. The molecule has 2 aromatic rings. The first-order chi connectivity index (χ1) is 10.3. The molecule has 0 radical (unpaired) electrons. The lowest BCUT2D eigenvalue weighted by Gasteiger charge is -2.38. The Bertz CT molecular complexity index is 547. The molecule has 1 aliphatic rings. The van der Waals surface area contributed by atoms with E-state index in [-0.39, 0.29) is 12.4 Å². The molecule has 22 heavy (non-hydrogen) atoms. The van der Waals surface area contributed by atoms with Gasteiger partial charge in [-0.15, -0.1) is 12.4 Å². The smallest absolute Gasteiger partial charge is 0.0474 e. The van der Waals surface area contributed by atoms with Crippen LogP contribution in [0.1, 0.15) is 30.0 Å². The Kier molecular flexibility index (Phi) is 6.37. The van der Waals surface area contributed by atoms with Gasteiger partial charge in [-0.25, -0.2) is 0 Å². The predicted molar refractivity (Wildman–Crippen MR) is 93.5 cm³/mol. The third kappa shape index (κ3) is 4.07. The van der Waals surface area contributed by atoms with Crippen LogP contribution in [0.15, 0.2) is 54.9 Å². The first kappa shape index (κ1) is 16.9. The Morgan fingerprint density at radius 3 is 2.64 bits per heavy atom. The second-order valence-electron chi connectivity index (χ2n) is 5.81. The van der Waals surface area contributed by atoms with Gasteiger partial charge in [0.25, 0.3) is 0 Å². The molecule has 1 N–H and O–H groups in total. The molecule has 3 nitrogen and oxygen atoms in total. The number of pyridine rings is 1. The van der Waals surface area contributed by atoms with Gasteiger partial charge in [0.1, 0.15) is 0 Å². The number of rotatable bonds is 4. The lowest BCUT2D eigenvalue weighted by Crippen LogP contribution is -2.47. The zero-order valence-corrected chi connectivity index (χ0v) is 13.8. The minimum absolute atomic E-state index is 0. The molecule has 1 fully saturated rings. The van der Waals surface area contributed by atoms with Crippen LogP contribution in [0.4, 0.5) is 0 Å². The van der Waals surface area contributed by atoms with Crippen molar-refractivity contribution in [2.45, 2.75) is 18.9 Å². The normalized spacial score (nSPS) is 20.1. The number of hydrogen-bond donors (Lipinski definition) is 1. The van der Waals surface area contributed by atoms with Gasteiger partial charge in [-0.3, -0.25) is 9.88 Å². The summed E-state index contributed by atoms with van der Waals surface area (Å²) in [5.41, 5.74) is 2.78. The van der Waals surface area contributed by atoms with Crippen molar-refractivity contribution in [3.05, 3.63) is 66.0 Å². The van der Waals surface area contributed by atoms with Crippen LogP contribution in [0.25, 0.3) is 0 Å². The summed E-state index contributed by atoms with van der Waals surface area (Å²) in [6.45, 7) is 6.61. The minimum atomic E-state index is 0. The molecule has 3 rings (SSSR count). The number of nitrogens with zero attached hydrogens (tertiary/aromatic N) is 2. The number of aromatic nitrogens is 1. The molecule has 2 unspecified atom stereocenters. The maximum absolute atomic E-state index is 4.13. The molecule has 1 aliphatic heterocycles. The van der Waals surface area contributed by atoms with E-state index in [1.165, 1.54) is 11.1 Å². The molecule has 118 valence electrons. The fourth-order valence-electron chi connectivity index (χ4n) is 3.12. The average Bonchev–Trinajstić information content (AvgIpc) is 2.57. The van der Waals surface area contributed by atoms with Crippen molar-refractivity contribution in [3.63, 3.8) is 0 Å². The van der Waals surface area contributed by atoms with E-state index in [2.05, 4.69) is 64.6 Å². The summed E-state index contributed by atoms with van der Waals surface area (Å²) >= 11 is 0. The highest BCUT2D eigenvalue weighted by Gasteiger charge is 2.25. The molecule has 0 bridgehead atoms. The zero-order valence-electron chi connectivity index (χ0n) is 13.0. The Hall–Kier alpha value is -1.42. The van der Waals surface area contributed by atoms with Gasteiger partial charge in [-0.1, -0.05) is 37.3 Å². The topological polar surface area (TPSA) is 28.2 Å². The Morgan fingerprint density at radius 2 is 1.91 bits per heavy atom. The molecule has 1 aromatic heterocycles. The second-order valence-corrected chi connectivity index (χ2v) is 5.81. The van der Waals surface area contributed by atoms with Crippen molar-refractivity contribution in [2.24, 2.45) is 0 Å². The molecular weight excluding hydrogens is 294 g/mol. The van der Waals surface area contributed by atoms with Gasteiger partial charge in [-0.05, 0) is 29.2 Å². The van der Waals surface area contributed by atoms with Gasteiger partial charge in [0.15, 0.2) is 0 Å². The Balaban J connectivity index is 0.00000176. The largest absolute Gasteiger partial charge is 0.314 e. The van der Waals surface area contributed by atoms with E-state index in [1.54, 1.807) is 0 Å². The van der Waals surface area contributed by atoms with Gasteiger partial charge in [0, 0.05) is 44.6 Å². The monoisotopic (exact) mass is 317 g/mol. The molecule has 2 heterocycles. The van der Waals surface area contributed by atoms with Crippen LogP contribution in [-0.2, 0) is 0 Å². The lowest BCUT2D eigenvalue weighted by molar-refractivity contribution is 0.154. The number of piperazine rings is 1. The van der Waals surface area contributed by atoms with Crippen molar-refractivity contribution in [1.29, 1.82) is 0 Å². The first-order valence-electron chi connectivity index (χ1n) is 7.74. The van der Waals surface area contributed by atoms with E-state index in [9.17, 15) is 0 Å². The zero-order chi connectivity index (χ0) is 14.5. The van der Waals surface area contributed by atoms with Crippen molar-refractivity contribution in [2.75, 3.05) is 26.2 Å². The van der Waals surface area contributed by atoms with E-state index >= 15 is 0 Å². The molecule has 1 saturated heterocycles. The molecular formula is C18H24ClN3. The maximum atomic E-state index is 4.13. The van der Waals surface area contributed by atoms with Gasteiger partial charge >= 0.3 is 0 Å². The van der Waals surface area contributed by atoms with E-state index in [0.717, 1.165) is 26.2 Å². The van der Waals surface area contributed by atoms with Crippen molar-refractivity contribution >= 4 is 12.4 Å². The highest BCUT2D eigenvalue weighted by atomic mass is 35.5. The Labute approximate surface area is 139 Å².